The Hall–Kier alpha value is -2.21. The number of aromatic nitrogens is 1. The molecule has 0 saturated carbocycles. The molecule has 1 aliphatic carbocycles. The summed E-state index contributed by atoms with van der Waals surface area (Å²) in [7, 11) is 1.99. The molecule has 0 radical (unpaired) electrons. The van der Waals surface area contributed by atoms with E-state index in [0.717, 1.165) is 5.69 Å². The van der Waals surface area contributed by atoms with E-state index >= 15 is 0 Å². The molecule has 1 aromatic rings. The van der Waals surface area contributed by atoms with Gasteiger partial charge in [0.25, 0.3) is 0 Å². The fourth-order valence-electron chi connectivity index (χ4n) is 2.45. The zero-order valence-electron chi connectivity index (χ0n) is 10.7. The van der Waals surface area contributed by atoms with Gasteiger partial charge in [-0.05, 0) is 24.3 Å². The number of thioether (sulfide) groups is 1. The highest BCUT2D eigenvalue weighted by Crippen LogP contribution is 2.41. The molecule has 5 nitrogen and oxygen atoms in total. The predicted octanol–water partition coefficient (Wildman–Crippen LogP) is 0.878. The molecular formula is C14H11N3O2S. The van der Waals surface area contributed by atoms with Crippen molar-refractivity contribution in [2.24, 2.45) is 0 Å². The van der Waals surface area contributed by atoms with Gasteiger partial charge in [0, 0.05) is 11.9 Å². The number of hydrogen-bond acceptors (Lipinski definition) is 5. The number of rotatable bonds is 2. The van der Waals surface area contributed by atoms with E-state index in [-0.39, 0.29) is 16.4 Å². The standard InChI is InChI=1S/C14H11N3O2S/c1-16-8-4-2-3-5-11(8)20-14(16)15-17-12-9(18)6-7-10(19)13(12)17/h2-7,14-15H,1H3. The highest BCUT2D eigenvalue weighted by atomic mass is 32.2. The van der Waals surface area contributed by atoms with E-state index in [1.54, 1.807) is 16.4 Å². The van der Waals surface area contributed by atoms with Gasteiger partial charge in [0.2, 0.25) is 10.9 Å². The first-order valence-corrected chi connectivity index (χ1v) is 7.10. The van der Waals surface area contributed by atoms with Gasteiger partial charge < -0.3 is 4.90 Å². The van der Waals surface area contributed by atoms with Crippen molar-refractivity contribution in [3.8, 4) is 0 Å². The van der Waals surface area contributed by atoms with Gasteiger partial charge in [-0.15, -0.1) is 0 Å². The average Bonchev–Trinajstić information content (AvgIpc) is 3.09. The number of nitrogens with one attached hydrogen (secondary N) is 1. The lowest BCUT2D eigenvalue weighted by Crippen LogP contribution is -2.35. The highest BCUT2D eigenvalue weighted by Gasteiger charge is 2.29. The number of hydrogen-bond donors (Lipinski definition) is 1. The summed E-state index contributed by atoms with van der Waals surface area (Å²) in [6.45, 7) is 0. The topological polar surface area (TPSA) is 54.3 Å². The third-order valence-corrected chi connectivity index (χ3v) is 4.79. The van der Waals surface area contributed by atoms with E-state index in [2.05, 4.69) is 22.5 Å². The summed E-state index contributed by atoms with van der Waals surface area (Å²) in [6, 6.07) is 10.8. The van der Waals surface area contributed by atoms with Gasteiger partial charge in [-0.25, -0.2) is 4.68 Å². The Morgan fingerprint density at radius 3 is 2.35 bits per heavy atom. The van der Waals surface area contributed by atoms with Gasteiger partial charge in [0.05, 0.1) is 5.69 Å². The molecule has 0 fully saturated rings. The van der Waals surface area contributed by atoms with Gasteiger partial charge in [0.15, 0.2) is 5.50 Å². The molecule has 3 aliphatic rings. The van der Waals surface area contributed by atoms with Crippen LogP contribution in [0, 0.1) is 10.7 Å². The van der Waals surface area contributed by atoms with Crippen LogP contribution in [-0.2, 0) is 0 Å². The van der Waals surface area contributed by atoms with Crippen molar-refractivity contribution in [3.05, 3.63) is 67.5 Å². The summed E-state index contributed by atoms with van der Waals surface area (Å²) in [4.78, 5) is 26.6. The molecule has 0 spiro atoms. The van der Waals surface area contributed by atoms with Gasteiger partial charge in [0.1, 0.15) is 10.7 Å². The molecule has 20 heavy (non-hydrogen) atoms. The minimum Gasteiger partial charge on any atom is -0.344 e. The largest absolute Gasteiger partial charge is 0.344 e. The zero-order chi connectivity index (χ0) is 13.9. The van der Waals surface area contributed by atoms with Crippen molar-refractivity contribution in [2.75, 3.05) is 17.4 Å². The van der Waals surface area contributed by atoms with Crippen LogP contribution in [-0.4, -0.2) is 17.2 Å². The molecule has 1 N–H and O–H groups in total. The van der Waals surface area contributed by atoms with Crippen LogP contribution in [0.15, 0.2) is 50.9 Å². The first kappa shape index (κ1) is 11.6. The lowest BCUT2D eigenvalue weighted by Gasteiger charge is -2.22. The van der Waals surface area contributed by atoms with Gasteiger partial charge in [-0.1, -0.05) is 23.9 Å². The molecule has 1 atom stereocenters. The minimum absolute atomic E-state index is 0.0291. The highest BCUT2D eigenvalue weighted by molar-refractivity contribution is 8.00. The second kappa shape index (κ2) is 3.89. The van der Waals surface area contributed by atoms with E-state index in [9.17, 15) is 9.59 Å². The van der Waals surface area contributed by atoms with Crippen LogP contribution in [0.1, 0.15) is 0 Å². The Kier molecular flexibility index (Phi) is 2.26. The summed E-state index contributed by atoms with van der Waals surface area (Å²) in [5.41, 5.74) is 4.10. The van der Waals surface area contributed by atoms with Crippen LogP contribution in [0.3, 0.4) is 0 Å². The van der Waals surface area contributed by atoms with Gasteiger partial charge in [-0.3, -0.25) is 15.0 Å². The second-order valence-electron chi connectivity index (χ2n) is 4.77. The molecule has 1 unspecified atom stereocenters. The molecule has 2 heterocycles. The maximum absolute atomic E-state index is 11.7. The lowest BCUT2D eigenvalue weighted by atomic mass is 10.3. The number of benzene rings is 1. The SMILES string of the molecule is CN1c2ccccc2SC1Nn1c2c(=O)ccc(=O)c1=2. The molecule has 100 valence electrons. The molecule has 0 amide bonds. The van der Waals surface area contributed by atoms with Crippen molar-refractivity contribution >= 4 is 17.4 Å². The Labute approximate surface area is 118 Å². The fraction of sp³-hybridized carbons (Fsp3) is 0.143. The molecule has 6 heteroatoms. The minimum atomic E-state index is -0.115. The van der Waals surface area contributed by atoms with Crippen LogP contribution < -0.4 is 21.2 Å². The molecular weight excluding hydrogens is 274 g/mol. The molecule has 0 aromatic heterocycles. The normalized spacial score (nSPS) is 17.9. The molecule has 1 aromatic carbocycles. The van der Waals surface area contributed by atoms with E-state index in [4.69, 9.17) is 0 Å². The van der Waals surface area contributed by atoms with Crippen molar-refractivity contribution in [3.63, 3.8) is 0 Å². The van der Waals surface area contributed by atoms with Crippen molar-refractivity contribution in [1.82, 2.24) is 4.68 Å². The summed E-state index contributed by atoms with van der Waals surface area (Å²) >= 11 is 1.66. The van der Waals surface area contributed by atoms with E-state index in [1.165, 1.54) is 17.0 Å². The number of para-hydroxylation sites is 1. The zero-order valence-corrected chi connectivity index (χ0v) is 11.5. The van der Waals surface area contributed by atoms with E-state index in [1.807, 2.05) is 19.2 Å². The summed E-state index contributed by atoms with van der Waals surface area (Å²) in [6.07, 6.45) is 0. The van der Waals surface area contributed by atoms with E-state index < -0.39 is 0 Å². The quantitative estimate of drug-likeness (QED) is 0.757. The molecule has 4 rings (SSSR count). The molecule has 0 bridgehead atoms. The summed E-state index contributed by atoms with van der Waals surface area (Å²) in [5.74, 6) is 0. The average molecular weight is 285 g/mol. The van der Waals surface area contributed by atoms with Crippen LogP contribution in [0.5, 0.6) is 0 Å². The van der Waals surface area contributed by atoms with Crippen LogP contribution in [0.4, 0.5) is 5.69 Å². The molecule has 0 saturated heterocycles. The van der Waals surface area contributed by atoms with Crippen LogP contribution >= 0.6 is 11.8 Å². The second-order valence-corrected chi connectivity index (χ2v) is 5.89. The van der Waals surface area contributed by atoms with Gasteiger partial charge in [-0.2, -0.15) is 0 Å². The van der Waals surface area contributed by atoms with Crippen LogP contribution in [0.2, 0.25) is 0 Å². The monoisotopic (exact) mass is 285 g/mol. The fourth-order valence-corrected chi connectivity index (χ4v) is 3.61. The van der Waals surface area contributed by atoms with Gasteiger partial charge >= 0.3 is 0 Å². The Morgan fingerprint density at radius 1 is 1.05 bits per heavy atom. The maximum Gasteiger partial charge on any atom is 0.206 e. The number of fused-ring (bicyclic) bond motifs is 1. The third kappa shape index (κ3) is 1.51. The summed E-state index contributed by atoms with van der Waals surface area (Å²) in [5, 5.41) is 0.949. The Bertz CT molecular complexity index is 893. The smallest absolute Gasteiger partial charge is 0.206 e. The van der Waals surface area contributed by atoms with Crippen LogP contribution in [0.25, 0.3) is 0 Å². The predicted molar refractivity (Wildman–Crippen MR) is 78.5 cm³/mol. The Morgan fingerprint density at radius 2 is 1.70 bits per heavy atom. The number of nitrogens with zero attached hydrogens (tertiary/aromatic N) is 2. The van der Waals surface area contributed by atoms with Crippen molar-refractivity contribution < 1.29 is 0 Å². The Balaban J connectivity index is 1.68. The van der Waals surface area contributed by atoms with Crippen molar-refractivity contribution in [1.29, 1.82) is 0 Å². The molecule has 2 aliphatic heterocycles. The first-order valence-electron chi connectivity index (χ1n) is 6.22. The maximum atomic E-state index is 11.7. The number of anilines is 1. The van der Waals surface area contributed by atoms with Crippen molar-refractivity contribution in [2.45, 2.75) is 10.4 Å². The lowest BCUT2D eigenvalue weighted by molar-refractivity contribution is 0.808. The first-order chi connectivity index (χ1) is 9.66. The summed E-state index contributed by atoms with van der Waals surface area (Å²) < 4.78 is 1.60. The van der Waals surface area contributed by atoms with E-state index in [0.29, 0.717) is 10.7 Å². The third-order valence-electron chi connectivity index (χ3n) is 3.55.